The number of unbranched alkanes of at least 4 members (excludes halogenated alkanes) is 10. The minimum absolute atomic E-state index is 0.176. The molecular formula is C72H77N3O10. The summed E-state index contributed by atoms with van der Waals surface area (Å²) in [6.07, 6.45) is 15.2. The number of hydrogen-bond donors (Lipinski definition) is 1. The third kappa shape index (κ3) is 21.0. The maximum absolute atomic E-state index is 12.7. The van der Waals surface area contributed by atoms with Crippen LogP contribution in [0.5, 0.6) is 34.5 Å². The highest BCUT2D eigenvalue weighted by atomic mass is 17.2. The predicted molar refractivity (Wildman–Crippen MR) is 333 cm³/mol. The number of aromatic amines is 1. The second-order valence-electron chi connectivity index (χ2n) is 20.8. The highest BCUT2D eigenvalue weighted by Crippen LogP contribution is 2.28. The first-order valence-corrected chi connectivity index (χ1v) is 29.6. The number of aryl methyl sites for hydroxylation is 2. The van der Waals surface area contributed by atoms with Gasteiger partial charge in [-0.15, -0.1) is 0 Å². The lowest BCUT2D eigenvalue weighted by molar-refractivity contribution is -0.218. The van der Waals surface area contributed by atoms with Crippen LogP contribution >= 0.6 is 0 Å². The van der Waals surface area contributed by atoms with E-state index in [4.69, 9.17) is 43.5 Å². The number of rotatable bonds is 31. The summed E-state index contributed by atoms with van der Waals surface area (Å²) in [5.41, 5.74) is 9.13. The quantitative estimate of drug-likeness (QED) is 0.0145. The minimum Gasteiger partial charge on any atom is -0.494 e. The summed E-state index contributed by atoms with van der Waals surface area (Å²) in [7, 11) is 0. The zero-order valence-corrected chi connectivity index (χ0v) is 49.3. The Morgan fingerprint density at radius 2 is 0.812 bits per heavy atom. The lowest BCUT2D eigenvalue weighted by Gasteiger charge is -2.09. The lowest BCUT2D eigenvalue weighted by Crippen LogP contribution is -2.10. The molecule has 0 aliphatic carbocycles. The van der Waals surface area contributed by atoms with Crippen LogP contribution < -0.4 is 28.7 Å². The summed E-state index contributed by atoms with van der Waals surface area (Å²) in [6.45, 7) is 10.5. The number of nitrogens with one attached hydrogen (secondary N) is 1. The largest absolute Gasteiger partial charge is 0.494 e. The minimum atomic E-state index is -0.579. The summed E-state index contributed by atoms with van der Waals surface area (Å²) >= 11 is 0. The number of aromatic nitrogens is 3. The third-order valence-electron chi connectivity index (χ3n) is 13.9. The van der Waals surface area contributed by atoms with Crippen molar-refractivity contribution in [3.8, 4) is 68.4 Å². The molecule has 1 heterocycles. The van der Waals surface area contributed by atoms with Crippen molar-refractivity contribution in [2.75, 3.05) is 13.2 Å². The van der Waals surface area contributed by atoms with Gasteiger partial charge >= 0.3 is 11.9 Å². The molecule has 0 amide bonds. The smallest absolute Gasteiger partial charge is 0.343 e. The van der Waals surface area contributed by atoms with Crippen molar-refractivity contribution in [3.63, 3.8) is 0 Å². The fraction of sp³-hybridized carbons (Fsp3) is 0.278. The van der Waals surface area contributed by atoms with Crippen LogP contribution in [0.25, 0.3) is 33.9 Å². The van der Waals surface area contributed by atoms with Crippen molar-refractivity contribution in [1.29, 1.82) is 0 Å². The molecule has 0 unspecified atom stereocenters. The Kier molecular flexibility index (Phi) is 24.7. The molecule has 13 heteroatoms. The van der Waals surface area contributed by atoms with Crippen molar-refractivity contribution in [2.24, 2.45) is 0 Å². The molecule has 440 valence electrons. The van der Waals surface area contributed by atoms with Crippen LogP contribution in [0, 0.1) is 13.8 Å². The molecule has 1 aromatic heterocycles. The Morgan fingerprint density at radius 1 is 0.400 bits per heavy atom. The van der Waals surface area contributed by atoms with E-state index in [9.17, 15) is 9.59 Å². The number of hydrogen-bond acceptors (Lipinski definition) is 12. The number of esters is 2. The zero-order valence-electron chi connectivity index (χ0n) is 49.3. The number of carbonyl (C=O) groups excluding carboxylic acids is 2. The summed E-state index contributed by atoms with van der Waals surface area (Å²) < 4.78 is 22.7. The predicted octanol–water partition coefficient (Wildman–Crippen LogP) is 18.0. The molecule has 9 rings (SSSR count). The molecule has 0 spiro atoms. The maximum atomic E-state index is 12.7. The molecule has 9 aromatic rings. The van der Waals surface area contributed by atoms with Crippen LogP contribution in [0.15, 0.2) is 194 Å². The van der Waals surface area contributed by atoms with Gasteiger partial charge in [0.25, 0.3) is 0 Å². The fourth-order valence-electron chi connectivity index (χ4n) is 8.86. The first-order valence-electron chi connectivity index (χ1n) is 29.6. The van der Waals surface area contributed by atoms with E-state index in [1.807, 2.05) is 86.6 Å². The van der Waals surface area contributed by atoms with E-state index in [0.717, 1.165) is 76.8 Å². The van der Waals surface area contributed by atoms with Crippen molar-refractivity contribution >= 4 is 11.9 Å². The average Bonchev–Trinajstić information content (AvgIpc) is 4.10. The van der Waals surface area contributed by atoms with Crippen molar-refractivity contribution in [1.82, 2.24) is 15.2 Å². The van der Waals surface area contributed by atoms with Crippen LogP contribution in [-0.4, -0.2) is 40.3 Å². The zero-order chi connectivity index (χ0) is 59.3. The van der Waals surface area contributed by atoms with Gasteiger partial charge < -0.3 is 28.7 Å². The molecule has 0 radical (unpaired) electrons. The first-order chi connectivity index (χ1) is 41.7. The van der Waals surface area contributed by atoms with Gasteiger partial charge in [0.05, 0.1) is 24.3 Å². The van der Waals surface area contributed by atoms with E-state index in [0.29, 0.717) is 35.2 Å². The molecule has 0 saturated heterocycles. The van der Waals surface area contributed by atoms with E-state index < -0.39 is 11.9 Å². The topological polar surface area (TPSA) is 150 Å². The molecule has 0 bridgehead atoms. The average molecular weight is 1140 g/mol. The SMILES string of the molecule is CCCCCCCCOc1ccc(-c2ccc(-c3nc(-c4ccc(OCCCCCCCC)cc4)n[nH]3)cc2)cc1.Cc1ccc(COOc2ccc(COOc3cccc(OC(=O)c4ccc(OC(=O)c5ccc(C)cc5)cc4)c3)cc2)cc1. The number of ether oxygens (including phenoxy) is 4. The Morgan fingerprint density at radius 3 is 1.36 bits per heavy atom. The molecule has 1 N–H and O–H groups in total. The van der Waals surface area contributed by atoms with Gasteiger partial charge in [-0.1, -0.05) is 180 Å². The third-order valence-corrected chi connectivity index (χ3v) is 13.9. The van der Waals surface area contributed by atoms with Crippen LogP contribution in [0.4, 0.5) is 0 Å². The van der Waals surface area contributed by atoms with Gasteiger partial charge in [-0.3, -0.25) is 5.10 Å². The molecule has 8 aromatic carbocycles. The van der Waals surface area contributed by atoms with Gasteiger partial charge in [-0.2, -0.15) is 14.9 Å². The van der Waals surface area contributed by atoms with Gasteiger partial charge in [-0.25, -0.2) is 14.6 Å². The maximum Gasteiger partial charge on any atom is 0.343 e. The lowest BCUT2D eigenvalue weighted by atomic mass is 10.0. The highest BCUT2D eigenvalue weighted by molar-refractivity contribution is 5.92. The first kappa shape index (κ1) is 62.0. The standard InChI is InChI=1S/C36H47N3O2.C36H30O8/c1-3-5-7-9-11-13-27-40-33-23-19-30(20-24-33)29-15-17-31(18-16-29)35-37-36(39-38-35)32-21-25-34(26-22-32)41-28-14-12-10-8-6-4-2;1-25-6-10-27(11-7-25)23-39-43-32-18-12-28(13-19-32)24-40-44-34-5-3-4-33(22-34)42-36(38)30-16-20-31(21-17-30)41-35(37)29-14-8-26(2)9-15-29/h15-26H,3-14,27-28H2,1-2H3,(H,37,38,39);3-22H,23-24H2,1-2H3. The van der Waals surface area contributed by atoms with Crippen LogP contribution in [-0.2, 0) is 23.0 Å². The van der Waals surface area contributed by atoms with E-state index in [1.165, 1.54) is 106 Å². The Labute approximate surface area is 500 Å². The van der Waals surface area contributed by atoms with Gasteiger partial charge in [0.15, 0.2) is 23.1 Å². The Hall–Kier alpha value is -9.04. The molecule has 13 nitrogen and oxygen atoms in total. The summed E-state index contributed by atoms with van der Waals surface area (Å²) in [6, 6.07) is 59.8. The Bertz CT molecular complexity index is 3380. The van der Waals surface area contributed by atoms with Crippen LogP contribution in [0.2, 0.25) is 0 Å². The summed E-state index contributed by atoms with van der Waals surface area (Å²) in [5.74, 6) is 3.72. The van der Waals surface area contributed by atoms with E-state index in [-0.39, 0.29) is 17.9 Å². The van der Waals surface area contributed by atoms with E-state index in [1.54, 1.807) is 42.5 Å². The Balaban J connectivity index is 0.000000222. The van der Waals surface area contributed by atoms with Crippen molar-refractivity contribution in [2.45, 2.75) is 118 Å². The molecular weight excluding hydrogens is 1070 g/mol. The highest BCUT2D eigenvalue weighted by Gasteiger charge is 2.14. The molecule has 0 aliphatic rings. The number of nitrogens with zero attached hydrogens (tertiary/aromatic N) is 2. The molecule has 0 fully saturated rings. The molecule has 85 heavy (non-hydrogen) atoms. The second kappa shape index (κ2) is 33.9. The van der Waals surface area contributed by atoms with Crippen LogP contribution in [0.1, 0.15) is 134 Å². The number of H-pyrrole nitrogens is 1. The van der Waals surface area contributed by atoms with Gasteiger partial charge in [0.1, 0.15) is 36.2 Å². The van der Waals surface area contributed by atoms with Crippen LogP contribution in [0.3, 0.4) is 0 Å². The van der Waals surface area contributed by atoms with E-state index >= 15 is 0 Å². The van der Waals surface area contributed by atoms with E-state index in [2.05, 4.69) is 72.6 Å². The summed E-state index contributed by atoms with van der Waals surface area (Å²) in [5, 5.41) is 7.55. The fourth-order valence-corrected chi connectivity index (χ4v) is 8.86. The van der Waals surface area contributed by atoms with Gasteiger partial charge in [0, 0.05) is 17.2 Å². The number of carbonyl (C=O) groups is 2. The number of benzene rings is 8. The normalized spacial score (nSPS) is 10.8. The summed E-state index contributed by atoms with van der Waals surface area (Å²) in [4.78, 5) is 51.2. The second-order valence-corrected chi connectivity index (χ2v) is 20.8. The molecule has 0 aliphatic heterocycles. The van der Waals surface area contributed by atoms with Crippen molar-refractivity contribution in [3.05, 3.63) is 228 Å². The monoisotopic (exact) mass is 1140 g/mol. The van der Waals surface area contributed by atoms with Crippen molar-refractivity contribution < 1.29 is 48.1 Å². The van der Waals surface area contributed by atoms with Gasteiger partial charge in [0.2, 0.25) is 0 Å². The molecule has 0 saturated carbocycles. The molecule has 0 atom stereocenters. The van der Waals surface area contributed by atoms with Gasteiger partial charge in [-0.05, 0) is 146 Å².